The minimum atomic E-state index is -0.202. The number of alkyl carbamates (subject to hydrolysis) is 1. The normalized spacial score (nSPS) is 39.0. The van der Waals surface area contributed by atoms with Gasteiger partial charge in [0.25, 0.3) is 0 Å². The largest absolute Gasteiger partial charge is 0.446 e. The molecule has 1 amide bonds. The molecule has 14 heavy (non-hydrogen) atoms. The van der Waals surface area contributed by atoms with Gasteiger partial charge in [-0.25, -0.2) is 4.79 Å². The van der Waals surface area contributed by atoms with Crippen molar-refractivity contribution in [1.82, 2.24) is 5.32 Å². The molecule has 0 aromatic carbocycles. The standard InChI is InChI=1S/C11H19NO2/c1-3-7-5-9(7)12-11(13)14-10-6-8(10)4-2/h7-10H,3-6H2,1-2H3,(H,12,13). The first-order valence-electron chi connectivity index (χ1n) is 5.71. The van der Waals surface area contributed by atoms with Crippen molar-refractivity contribution in [2.24, 2.45) is 11.8 Å². The molecule has 2 saturated carbocycles. The Kier molecular flexibility index (Phi) is 2.66. The van der Waals surface area contributed by atoms with Gasteiger partial charge in [-0.3, -0.25) is 0 Å². The molecule has 0 radical (unpaired) electrons. The fourth-order valence-electron chi connectivity index (χ4n) is 1.99. The van der Waals surface area contributed by atoms with Crippen molar-refractivity contribution >= 4 is 6.09 Å². The Balaban J connectivity index is 1.61. The van der Waals surface area contributed by atoms with Crippen molar-refractivity contribution in [1.29, 1.82) is 0 Å². The summed E-state index contributed by atoms with van der Waals surface area (Å²) in [5.41, 5.74) is 0. The molecule has 0 aromatic heterocycles. The summed E-state index contributed by atoms with van der Waals surface area (Å²) in [4.78, 5) is 11.3. The fraction of sp³-hybridized carbons (Fsp3) is 0.909. The highest BCUT2D eigenvalue weighted by Gasteiger charge is 2.41. The maximum absolute atomic E-state index is 11.3. The van der Waals surface area contributed by atoms with E-state index in [1.165, 1.54) is 0 Å². The highest BCUT2D eigenvalue weighted by atomic mass is 16.6. The number of hydrogen-bond donors (Lipinski definition) is 1. The Labute approximate surface area is 85.2 Å². The first-order chi connectivity index (χ1) is 6.74. The number of amides is 1. The number of carbonyl (C=O) groups is 1. The summed E-state index contributed by atoms with van der Waals surface area (Å²) in [5, 5.41) is 2.91. The van der Waals surface area contributed by atoms with Crippen LogP contribution in [0, 0.1) is 11.8 Å². The summed E-state index contributed by atoms with van der Waals surface area (Å²) < 4.78 is 5.26. The van der Waals surface area contributed by atoms with Crippen LogP contribution in [-0.4, -0.2) is 18.2 Å². The van der Waals surface area contributed by atoms with Crippen LogP contribution >= 0.6 is 0 Å². The van der Waals surface area contributed by atoms with Gasteiger partial charge >= 0.3 is 6.09 Å². The second-order valence-electron chi connectivity index (χ2n) is 4.50. The van der Waals surface area contributed by atoms with E-state index in [4.69, 9.17) is 4.74 Å². The molecule has 3 heteroatoms. The zero-order valence-electron chi connectivity index (χ0n) is 8.95. The molecule has 0 bridgehead atoms. The summed E-state index contributed by atoms with van der Waals surface area (Å²) in [7, 11) is 0. The van der Waals surface area contributed by atoms with E-state index in [-0.39, 0.29) is 12.2 Å². The number of nitrogens with one attached hydrogen (secondary N) is 1. The van der Waals surface area contributed by atoms with E-state index in [0.717, 1.165) is 25.7 Å². The summed E-state index contributed by atoms with van der Waals surface area (Å²) in [6.45, 7) is 4.30. The van der Waals surface area contributed by atoms with Gasteiger partial charge in [-0.05, 0) is 31.1 Å². The van der Waals surface area contributed by atoms with E-state index in [9.17, 15) is 4.79 Å². The molecule has 3 nitrogen and oxygen atoms in total. The van der Waals surface area contributed by atoms with Crippen molar-refractivity contribution in [3.05, 3.63) is 0 Å². The number of rotatable bonds is 4. The zero-order chi connectivity index (χ0) is 10.1. The lowest BCUT2D eigenvalue weighted by molar-refractivity contribution is 0.132. The summed E-state index contributed by atoms with van der Waals surface area (Å²) in [6, 6.07) is 0.395. The zero-order valence-corrected chi connectivity index (χ0v) is 8.95. The third-order valence-corrected chi connectivity index (χ3v) is 3.39. The molecule has 2 rings (SSSR count). The van der Waals surface area contributed by atoms with Gasteiger partial charge in [0, 0.05) is 6.04 Å². The predicted molar refractivity (Wildman–Crippen MR) is 54.0 cm³/mol. The van der Waals surface area contributed by atoms with Crippen LogP contribution in [0.2, 0.25) is 0 Å². The van der Waals surface area contributed by atoms with Gasteiger partial charge < -0.3 is 10.1 Å². The second-order valence-corrected chi connectivity index (χ2v) is 4.50. The molecule has 2 fully saturated rings. The topological polar surface area (TPSA) is 38.3 Å². The monoisotopic (exact) mass is 197 g/mol. The fourth-order valence-corrected chi connectivity index (χ4v) is 1.99. The minimum Gasteiger partial charge on any atom is -0.446 e. The molecule has 0 heterocycles. The molecule has 0 saturated heterocycles. The average Bonchev–Trinajstić information content (AvgIpc) is 3.02. The van der Waals surface area contributed by atoms with Crippen molar-refractivity contribution < 1.29 is 9.53 Å². The molecule has 2 aliphatic rings. The van der Waals surface area contributed by atoms with Crippen molar-refractivity contribution in [3.63, 3.8) is 0 Å². The highest BCUT2D eigenvalue weighted by molar-refractivity contribution is 5.68. The molecular formula is C11H19NO2. The van der Waals surface area contributed by atoms with E-state index < -0.39 is 0 Å². The number of ether oxygens (including phenoxy) is 1. The molecule has 80 valence electrons. The van der Waals surface area contributed by atoms with Crippen LogP contribution in [0.15, 0.2) is 0 Å². The van der Waals surface area contributed by atoms with Gasteiger partial charge in [-0.1, -0.05) is 20.3 Å². The summed E-state index contributed by atoms with van der Waals surface area (Å²) in [5.74, 6) is 1.32. The molecule has 0 spiro atoms. The van der Waals surface area contributed by atoms with E-state index in [0.29, 0.717) is 17.9 Å². The third kappa shape index (κ3) is 2.20. The van der Waals surface area contributed by atoms with Crippen molar-refractivity contribution in [2.45, 2.75) is 51.7 Å². The van der Waals surface area contributed by atoms with Crippen LogP contribution in [0.4, 0.5) is 4.79 Å². The van der Waals surface area contributed by atoms with Crippen LogP contribution in [0.25, 0.3) is 0 Å². The van der Waals surface area contributed by atoms with Crippen LogP contribution in [-0.2, 0) is 4.74 Å². The maximum atomic E-state index is 11.3. The quantitative estimate of drug-likeness (QED) is 0.751. The second kappa shape index (κ2) is 3.79. The van der Waals surface area contributed by atoms with E-state index in [2.05, 4.69) is 19.2 Å². The van der Waals surface area contributed by atoms with Crippen LogP contribution in [0.5, 0.6) is 0 Å². The van der Waals surface area contributed by atoms with Gasteiger partial charge in [-0.2, -0.15) is 0 Å². The van der Waals surface area contributed by atoms with Crippen LogP contribution < -0.4 is 5.32 Å². The molecule has 0 aromatic rings. The Hall–Kier alpha value is -0.730. The van der Waals surface area contributed by atoms with Crippen LogP contribution in [0.1, 0.15) is 39.5 Å². The SMILES string of the molecule is CCC1CC1NC(=O)OC1CC1CC. The lowest BCUT2D eigenvalue weighted by Gasteiger charge is -2.05. The van der Waals surface area contributed by atoms with Crippen molar-refractivity contribution in [2.75, 3.05) is 0 Å². The smallest absolute Gasteiger partial charge is 0.407 e. The average molecular weight is 197 g/mol. The third-order valence-electron chi connectivity index (χ3n) is 3.39. The minimum absolute atomic E-state index is 0.202. The van der Waals surface area contributed by atoms with Gasteiger partial charge in [-0.15, -0.1) is 0 Å². The maximum Gasteiger partial charge on any atom is 0.407 e. The molecule has 0 aliphatic heterocycles. The first-order valence-corrected chi connectivity index (χ1v) is 5.71. The Morgan fingerprint density at radius 2 is 2.00 bits per heavy atom. The Morgan fingerprint density at radius 1 is 1.29 bits per heavy atom. The van der Waals surface area contributed by atoms with Gasteiger partial charge in [0.2, 0.25) is 0 Å². The molecule has 1 N–H and O–H groups in total. The molecule has 4 unspecified atom stereocenters. The molecule has 4 atom stereocenters. The highest BCUT2D eigenvalue weighted by Crippen LogP contribution is 2.37. The lowest BCUT2D eigenvalue weighted by atomic mass is 10.3. The van der Waals surface area contributed by atoms with Crippen molar-refractivity contribution in [3.8, 4) is 0 Å². The van der Waals surface area contributed by atoms with Gasteiger partial charge in [0.05, 0.1) is 0 Å². The summed E-state index contributed by atoms with van der Waals surface area (Å²) in [6.07, 6.45) is 4.48. The Bertz CT molecular complexity index is 207. The van der Waals surface area contributed by atoms with E-state index in [1.54, 1.807) is 0 Å². The van der Waals surface area contributed by atoms with Gasteiger partial charge in [0.1, 0.15) is 6.10 Å². The number of hydrogen-bond acceptors (Lipinski definition) is 2. The van der Waals surface area contributed by atoms with E-state index in [1.807, 2.05) is 0 Å². The lowest BCUT2D eigenvalue weighted by Crippen LogP contribution is -2.28. The summed E-state index contributed by atoms with van der Waals surface area (Å²) >= 11 is 0. The molecular weight excluding hydrogens is 178 g/mol. The first kappa shape index (κ1) is 9.81. The Morgan fingerprint density at radius 3 is 2.50 bits per heavy atom. The number of carbonyl (C=O) groups excluding carboxylic acids is 1. The van der Waals surface area contributed by atoms with Crippen LogP contribution in [0.3, 0.4) is 0 Å². The molecule has 2 aliphatic carbocycles. The van der Waals surface area contributed by atoms with Gasteiger partial charge in [0.15, 0.2) is 0 Å². The predicted octanol–water partition coefficient (Wildman–Crippen LogP) is 2.31. The van der Waals surface area contributed by atoms with E-state index >= 15 is 0 Å².